The molecular formula is C12H20Cl2N3O4PS. The Morgan fingerprint density at radius 2 is 1.78 bits per heavy atom. The van der Waals surface area contributed by atoms with Crippen molar-refractivity contribution < 1.29 is 14.0 Å². The zero-order chi connectivity index (χ0) is 17.6. The van der Waals surface area contributed by atoms with Gasteiger partial charge in [-0.3, -0.25) is 19.2 Å². The van der Waals surface area contributed by atoms with E-state index in [4.69, 9.17) is 27.7 Å². The Balaban J connectivity index is 2.89. The van der Waals surface area contributed by atoms with Gasteiger partial charge in [0.15, 0.2) is 0 Å². The van der Waals surface area contributed by atoms with Crippen molar-refractivity contribution in [1.82, 2.24) is 10.2 Å². The van der Waals surface area contributed by atoms with E-state index in [9.17, 15) is 14.7 Å². The fourth-order valence-corrected chi connectivity index (χ4v) is 5.02. The number of thiophene rings is 1. The lowest BCUT2D eigenvalue weighted by molar-refractivity contribution is -0.380. The average molecular weight is 404 g/mol. The van der Waals surface area contributed by atoms with Gasteiger partial charge < -0.3 is 0 Å². The first kappa shape index (κ1) is 20.8. The third-order valence-electron chi connectivity index (χ3n) is 2.74. The molecule has 0 spiro atoms. The molecule has 23 heavy (non-hydrogen) atoms. The van der Waals surface area contributed by atoms with Crippen LogP contribution in [0.25, 0.3) is 0 Å². The summed E-state index contributed by atoms with van der Waals surface area (Å²) < 4.78 is 18.7. The quantitative estimate of drug-likeness (QED) is 0.262. The Kier molecular flexibility index (Phi) is 8.44. The summed E-state index contributed by atoms with van der Waals surface area (Å²) in [5.41, 5.74) is 0. The third-order valence-corrected chi connectivity index (χ3v) is 7.04. The molecule has 0 aliphatic heterocycles. The fourth-order valence-electron chi connectivity index (χ4n) is 1.68. The summed E-state index contributed by atoms with van der Waals surface area (Å²) in [7, 11) is -3.43. The Morgan fingerprint density at radius 3 is 2.17 bits per heavy atom. The van der Waals surface area contributed by atoms with Crippen LogP contribution in [-0.4, -0.2) is 28.8 Å². The van der Waals surface area contributed by atoms with Crippen LogP contribution in [0.15, 0.2) is 12.1 Å². The van der Waals surface area contributed by atoms with E-state index in [0.717, 1.165) is 11.3 Å². The largest absolute Gasteiger partial charge is 0.341 e. The first-order valence-electron chi connectivity index (χ1n) is 6.90. The van der Waals surface area contributed by atoms with Gasteiger partial charge in [0.05, 0.1) is 11.0 Å². The summed E-state index contributed by atoms with van der Waals surface area (Å²) in [6.07, 6.45) is -0.593. The third kappa shape index (κ3) is 6.66. The molecule has 1 aromatic rings. The number of hydrogen-bond donors (Lipinski definition) is 2. The molecule has 0 radical (unpaired) electrons. The molecule has 132 valence electrons. The van der Waals surface area contributed by atoms with E-state index < -0.39 is 18.7 Å². The van der Waals surface area contributed by atoms with Crippen molar-refractivity contribution in [3.63, 3.8) is 0 Å². The van der Waals surface area contributed by atoms with Crippen LogP contribution in [0.3, 0.4) is 0 Å². The maximum atomic E-state index is 13.0. The maximum absolute atomic E-state index is 13.0. The molecule has 1 aromatic heterocycles. The summed E-state index contributed by atoms with van der Waals surface area (Å²) in [6.45, 7) is 5.23. The van der Waals surface area contributed by atoms with E-state index in [1.54, 1.807) is 26.8 Å². The minimum absolute atomic E-state index is 0.00875. The predicted octanol–water partition coefficient (Wildman–Crippen LogP) is 4.28. The van der Waals surface area contributed by atoms with Gasteiger partial charge in [0, 0.05) is 34.8 Å². The Morgan fingerprint density at radius 1 is 1.26 bits per heavy atom. The minimum atomic E-state index is -3.43. The molecule has 0 bridgehead atoms. The molecule has 0 saturated carbocycles. The van der Waals surface area contributed by atoms with Crippen LogP contribution in [-0.2, 0) is 9.09 Å². The Hall–Kier alpha value is -0.210. The normalized spacial score (nSPS) is 16.0. The summed E-state index contributed by atoms with van der Waals surface area (Å²) in [6, 6.07) is 2.49. The number of halogens is 2. The van der Waals surface area contributed by atoms with Gasteiger partial charge in [-0.15, -0.1) is 23.2 Å². The van der Waals surface area contributed by atoms with Crippen molar-refractivity contribution in [3.8, 4) is 0 Å². The number of hydrogen-bond acceptors (Lipinski definition) is 5. The average Bonchev–Trinajstić information content (AvgIpc) is 2.96. The van der Waals surface area contributed by atoms with Crippen LogP contribution < -0.4 is 10.2 Å². The first-order valence-corrected chi connectivity index (χ1v) is 10.4. The van der Waals surface area contributed by atoms with E-state index >= 15 is 0 Å². The Bertz CT molecular complexity index is 558. The monoisotopic (exact) mass is 403 g/mol. The van der Waals surface area contributed by atoms with E-state index in [-0.39, 0.29) is 28.8 Å². The van der Waals surface area contributed by atoms with E-state index in [0.29, 0.717) is 4.88 Å². The molecule has 1 unspecified atom stereocenters. The second kappa shape index (κ2) is 9.32. The zero-order valence-electron chi connectivity index (χ0n) is 13.0. The molecule has 0 amide bonds. The number of alkyl halides is 2. The van der Waals surface area contributed by atoms with E-state index in [1.165, 1.54) is 6.07 Å². The van der Waals surface area contributed by atoms with Crippen molar-refractivity contribution in [3.05, 3.63) is 27.1 Å². The molecule has 0 aromatic carbocycles. The van der Waals surface area contributed by atoms with E-state index in [1.807, 2.05) is 0 Å². The molecule has 0 aliphatic rings. The van der Waals surface area contributed by atoms with Crippen LogP contribution >= 0.6 is 42.2 Å². The molecule has 0 aliphatic carbocycles. The van der Waals surface area contributed by atoms with E-state index in [2.05, 4.69) is 10.2 Å². The van der Waals surface area contributed by atoms with Gasteiger partial charge in [0.1, 0.15) is 0 Å². The lowest BCUT2D eigenvalue weighted by Gasteiger charge is -2.28. The van der Waals surface area contributed by atoms with Gasteiger partial charge in [0.25, 0.3) is 0 Å². The lowest BCUT2D eigenvalue weighted by atomic mass is 10.3. The van der Waals surface area contributed by atoms with Crippen LogP contribution in [0.1, 0.15) is 31.8 Å². The molecule has 7 nitrogen and oxygen atoms in total. The van der Waals surface area contributed by atoms with Crippen LogP contribution in [0.5, 0.6) is 0 Å². The molecule has 0 saturated heterocycles. The highest BCUT2D eigenvalue weighted by Crippen LogP contribution is 2.46. The van der Waals surface area contributed by atoms with Crippen LogP contribution in [0, 0.1) is 10.1 Å². The van der Waals surface area contributed by atoms with Gasteiger partial charge in [-0.2, -0.15) is 0 Å². The second-order valence-corrected chi connectivity index (χ2v) is 8.64. The van der Waals surface area contributed by atoms with Crippen LogP contribution in [0.2, 0.25) is 0 Å². The molecule has 0 fully saturated rings. The highest BCUT2D eigenvalue weighted by atomic mass is 35.5. The van der Waals surface area contributed by atoms with Crippen molar-refractivity contribution in [2.75, 3.05) is 11.8 Å². The smallest absolute Gasteiger partial charge is 0.297 e. The van der Waals surface area contributed by atoms with Crippen molar-refractivity contribution in [2.24, 2.45) is 0 Å². The summed E-state index contributed by atoms with van der Waals surface area (Å²) in [5.74, 6) is 0.506. The molecule has 1 rings (SSSR count). The summed E-state index contributed by atoms with van der Waals surface area (Å²) in [5, 5.41) is 16.4. The number of nitrogens with zero attached hydrogens (tertiary/aromatic N) is 1. The number of nitro groups is 1. The predicted molar refractivity (Wildman–Crippen MR) is 94.7 cm³/mol. The molecule has 11 heteroatoms. The SMILES string of the molecule is CC(OP(=O)(N[C@H](C)CCl)N[C@H](C)CCl)c1ccc([N+](=O)[O-])s1. The first-order chi connectivity index (χ1) is 10.7. The lowest BCUT2D eigenvalue weighted by Crippen LogP contribution is -2.36. The molecule has 1 heterocycles. The topological polar surface area (TPSA) is 93.5 Å². The molecular weight excluding hydrogens is 384 g/mol. The number of nitrogens with one attached hydrogen (secondary N) is 2. The standard InChI is InChI=1S/C12H20Cl2N3O4PS/c1-8(6-13)15-22(20,16-9(2)7-14)21-10(3)11-4-5-12(23-11)17(18)19/h4-5,8-10H,6-7H2,1-3H3,(H2,15,16,20)/t8-,9-,10?/m1/s1. The summed E-state index contributed by atoms with van der Waals surface area (Å²) in [4.78, 5) is 10.9. The summed E-state index contributed by atoms with van der Waals surface area (Å²) >= 11 is 12.5. The van der Waals surface area contributed by atoms with Crippen molar-refractivity contribution >= 4 is 47.2 Å². The van der Waals surface area contributed by atoms with Gasteiger partial charge in [-0.25, -0.2) is 10.2 Å². The molecule has 2 N–H and O–H groups in total. The van der Waals surface area contributed by atoms with Crippen molar-refractivity contribution in [1.29, 1.82) is 0 Å². The molecule has 3 atom stereocenters. The van der Waals surface area contributed by atoms with Gasteiger partial charge in [-0.1, -0.05) is 11.3 Å². The minimum Gasteiger partial charge on any atom is -0.297 e. The maximum Gasteiger partial charge on any atom is 0.341 e. The Labute approximate surface area is 149 Å². The number of rotatable bonds is 10. The van der Waals surface area contributed by atoms with Crippen LogP contribution in [0.4, 0.5) is 5.00 Å². The van der Waals surface area contributed by atoms with Crippen molar-refractivity contribution in [2.45, 2.75) is 39.0 Å². The van der Waals surface area contributed by atoms with Gasteiger partial charge >= 0.3 is 12.7 Å². The highest BCUT2D eigenvalue weighted by molar-refractivity contribution is 7.54. The van der Waals surface area contributed by atoms with Gasteiger partial charge in [0.2, 0.25) is 0 Å². The zero-order valence-corrected chi connectivity index (χ0v) is 16.2. The highest BCUT2D eigenvalue weighted by Gasteiger charge is 2.30. The second-order valence-electron chi connectivity index (χ2n) is 5.10. The van der Waals surface area contributed by atoms with Gasteiger partial charge in [-0.05, 0) is 26.8 Å². The fraction of sp³-hybridized carbons (Fsp3) is 0.667.